The van der Waals surface area contributed by atoms with Gasteiger partial charge in [-0.25, -0.2) is 4.98 Å². The van der Waals surface area contributed by atoms with Gasteiger partial charge in [-0.1, -0.05) is 12.1 Å². The molecule has 2 bridgehead atoms. The van der Waals surface area contributed by atoms with Gasteiger partial charge in [0.15, 0.2) is 0 Å². The zero-order chi connectivity index (χ0) is 16.7. The molecule has 2 aromatic rings. The van der Waals surface area contributed by atoms with E-state index in [1.807, 2.05) is 24.3 Å². The summed E-state index contributed by atoms with van der Waals surface area (Å²) in [5.74, 6) is 0.600. The van der Waals surface area contributed by atoms with Crippen LogP contribution in [0.25, 0.3) is 10.6 Å². The number of hydrogen-bond donors (Lipinski definition) is 2. The molecule has 24 heavy (non-hydrogen) atoms. The fourth-order valence-electron chi connectivity index (χ4n) is 3.95. The zero-order valence-corrected chi connectivity index (χ0v) is 14.6. The molecule has 6 heteroatoms. The number of hydrogen-bond acceptors (Lipinski definition) is 5. The lowest BCUT2D eigenvalue weighted by molar-refractivity contribution is 0.0218. The minimum atomic E-state index is -0.00625. The molecule has 1 aromatic heterocycles. The van der Waals surface area contributed by atoms with Crippen LogP contribution in [0.1, 0.15) is 29.4 Å². The molecule has 0 saturated carbocycles. The van der Waals surface area contributed by atoms with Crippen LogP contribution >= 0.6 is 11.3 Å². The Kier molecular flexibility index (Phi) is 4.02. The Bertz CT molecular complexity index is 749. The number of nitrogen functional groups attached to an aromatic ring is 1. The lowest BCUT2D eigenvalue weighted by Crippen LogP contribution is -2.62. The summed E-state index contributed by atoms with van der Waals surface area (Å²) in [6.45, 7) is 4.55. The number of amides is 1. The van der Waals surface area contributed by atoms with Gasteiger partial charge in [0.2, 0.25) is 0 Å². The zero-order valence-electron chi connectivity index (χ0n) is 13.7. The van der Waals surface area contributed by atoms with Gasteiger partial charge < -0.3 is 11.1 Å². The van der Waals surface area contributed by atoms with E-state index in [2.05, 4.69) is 22.1 Å². The molecule has 1 amide bonds. The fraction of sp³-hybridized carbons (Fsp3) is 0.444. The number of thiazole rings is 1. The topological polar surface area (TPSA) is 71.2 Å². The molecule has 3 aliphatic heterocycles. The first kappa shape index (κ1) is 15.6. The lowest BCUT2D eigenvalue weighted by Gasteiger charge is -2.49. The first-order valence-corrected chi connectivity index (χ1v) is 9.30. The van der Waals surface area contributed by atoms with Gasteiger partial charge in [0, 0.05) is 23.3 Å². The number of benzene rings is 1. The van der Waals surface area contributed by atoms with E-state index in [1.165, 1.54) is 37.3 Å². The number of nitrogens with two attached hydrogens (primary N) is 1. The number of aromatic nitrogens is 1. The number of nitrogens with one attached hydrogen (secondary N) is 1. The Hall–Kier alpha value is -1.92. The molecule has 0 spiro atoms. The van der Waals surface area contributed by atoms with E-state index in [0.717, 1.165) is 10.6 Å². The normalized spacial score (nSPS) is 28.7. The molecular weight excluding hydrogens is 320 g/mol. The summed E-state index contributed by atoms with van der Waals surface area (Å²) in [5.41, 5.74) is 7.49. The monoisotopic (exact) mass is 342 g/mol. The SMILES string of the molecule is CC1C(NC(=O)c2cnc(-c3cccc(N)c3)s2)C2CCN1CC2. The van der Waals surface area contributed by atoms with Crippen LogP contribution in [0.5, 0.6) is 0 Å². The highest BCUT2D eigenvalue weighted by molar-refractivity contribution is 7.16. The average Bonchev–Trinajstić information content (AvgIpc) is 3.09. The van der Waals surface area contributed by atoms with Gasteiger partial charge in [0.05, 0.1) is 6.20 Å². The van der Waals surface area contributed by atoms with Gasteiger partial charge in [-0.15, -0.1) is 11.3 Å². The van der Waals surface area contributed by atoms with Crippen molar-refractivity contribution in [1.29, 1.82) is 0 Å². The van der Waals surface area contributed by atoms with Crippen molar-refractivity contribution in [2.24, 2.45) is 5.92 Å². The summed E-state index contributed by atoms with van der Waals surface area (Å²) in [6, 6.07) is 8.27. The Morgan fingerprint density at radius 2 is 2.17 bits per heavy atom. The first-order chi connectivity index (χ1) is 11.6. The number of carbonyl (C=O) groups is 1. The van der Waals surface area contributed by atoms with Crippen molar-refractivity contribution < 1.29 is 4.79 Å². The molecule has 0 aliphatic carbocycles. The molecular formula is C18H22N4OS. The van der Waals surface area contributed by atoms with Crippen molar-refractivity contribution in [3.63, 3.8) is 0 Å². The summed E-state index contributed by atoms with van der Waals surface area (Å²) < 4.78 is 0. The predicted octanol–water partition coefficient (Wildman–Crippen LogP) is 2.60. The number of carbonyl (C=O) groups excluding carboxylic acids is 1. The van der Waals surface area contributed by atoms with E-state index in [-0.39, 0.29) is 11.9 Å². The number of piperidine rings is 3. The Labute approximate surface area is 145 Å². The number of rotatable bonds is 3. The number of anilines is 1. The van der Waals surface area contributed by atoms with Crippen LogP contribution in [0.2, 0.25) is 0 Å². The van der Waals surface area contributed by atoms with Crippen LogP contribution in [-0.4, -0.2) is 41.0 Å². The third kappa shape index (κ3) is 2.80. The third-order valence-corrected chi connectivity index (χ3v) is 6.38. The van der Waals surface area contributed by atoms with Crippen LogP contribution in [-0.2, 0) is 0 Å². The molecule has 4 heterocycles. The van der Waals surface area contributed by atoms with Gasteiger partial charge in [0.25, 0.3) is 5.91 Å². The summed E-state index contributed by atoms with van der Waals surface area (Å²) >= 11 is 1.42. The van der Waals surface area contributed by atoms with E-state index in [1.54, 1.807) is 6.20 Å². The van der Waals surface area contributed by atoms with Crippen LogP contribution in [0.15, 0.2) is 30.5 Å². The van der Waals surface area contributed by atoms with Crippen LogP contribution in [0.4, 0.5) is 5.69 Å². The van der Waals surface area contributed by atoms with Crippen molar-refractivity contribution in [2.45, 2.75) is 31.8 Å². The van der Waals surface area contributed by atoms with E-state index >= 15 is 0 Å². The maximum absolute atomic E-state index is 12.7. The molecule has 2 unspecified atom stereocenters. The second-order valence-electron chi connectivity index (χ2n) is 6.77. The van der Waals surface area contributed by atoms with E-state index < -0.39 is 0 Å². The highest BCUT2D eigenvalue weighted by Crippen LogP contribution is 2.33. The summed E-state index contributed by atoms with van der Waals surface area (Å²) in [7, 11) is 0. The van der Waals surface area contributed by atoms with Gasteiger partial charge in [0.1, 0.15) is 9.88 Å². The second-order valence-corrected chi connectivity index (χ2v) is 7.80. The fourth-order valence-corrected chi connectivity index (χ4v) is 4.77. The number of fused-ring (bicyclic) bond motifs is 3. The Balaban J connectivity index is 1.49. The maximum Gasteiger partial charge on any atom is 0.263 e. The molecule has 126 valence electrons. The summed E-state index contributed by atoms with van der Waals surface area (Å²) in [6.07, 6.45) is 4.05. The predicted molar refractivity (Wildman–Crippen MR) is 97.0 cm³/mol. The van der Waals surface area contributed by atoms with Crippen LogP contribution < -0.4 is 11.1 Å². The van der Waals surface area contributed by atoms with Crippen molar-refractivity contribution in [2.75, 3.05) is 18.8 Å². The minimum absolute atomic E-state index is 0.00625. The van der Waals surface area contributed by atoms with Gasteiger partial charge >= 0.3 is 0 Å². The van der Waals surface area contributed by atoms with Crippen LogP contribution in [0.3, 0.4) is 0 Å². The quantitative estimate of drug-likeness (QED) is 0.841. The first-order valence-electron chi connectivity index (χ1n) is 8.48. The highest BCUT2D eigenvalue weighted by Gasteiger charge is 2.40. The standard InChI is InChI=1S/C18H22N4OS/c1-11-16(12-5-7-22(11)8-6-12)21-17(23)15-10-20-18(24-15)13-3-2-4-14(19)9-13/h2-4,9-12,16H,5-8,19H2,1H3,(H,21,23). The van der Waals surface area contributed by atoms with Crippen LogP contribution in [0, 0.1) is 5.92 Å². The summed E-state index contributed by atoms with van der Waals surface area (Å²) in [4.78, 5) is 20.2. The second kappa shape index (κ2) is 6.18. The summed E-state index contributed by atoms with van der Waals surface area (Å²) in [5, 5.41) is 4.09. The molecule has 3 fully saturated rings. The molecule has 5 rings (SSSR count). The molecule has 3 saturated heterocycles. The van der Waals surface area contributed by atoms with E-state index in [9.17, 15) is 4.79 Å². The van der Waals surface area contributed by atoms with Gasteiger partial charge in [-0.05, 0) is 50.9 Å². The largest absolute Gasteiger partial charge is 0.399 e. The average molecular weight is 342 g/mol. The molecule has 2 atom stereocenters. The third-order valence-electron chi connectivity index (χ3n) is 5.34. The van der Waals surface area contributed by atoms with Crippen molar-refractivity contribution in [3.05, 3.63) is 35.3 Å². The Morgan fingerprint density at radius 1 is 1.38 bits per heavy atom. The van der Waals surface area contributed by atoms with E-state index in [0.29, 0.717) is 22.5 Å². The van der Waals surface area contributed by atoms with Crippen molar-refractivity contribution >= 4 is 22.9 Å². The lowest BCUT2D eigenvalue weighted by atomic mass is 9.79. The number of nitrogens with zero attached hydrogens (tertiary/aromatic N) is 2. The van der Waals surface area contributed by atoms with E-state index in [4.69, 9.17) is 5.73 Å². The molecule has 5 nitrogen and oxygen atoms in total. The van der Waals surface area contributed by atoms with Crippen molar-refractivity contribution in [3.8, 4) is 10.6 Å². The highest BCUT2D eigenvalue weighted by atomic mass is 32.1. The van der Waals surface area contributed by atoms with Gasteiger partial charge in [-0.3, -0.25) is 9.69 Å². The molecule has 3 N–H and O–H groups in total. The van der Waals surface area contributed by atoms with Gasteiger partial charge in [-0.2, -0.15) is 0 Å². The van der Waals surface area contributed by atoms with Crippen molar-refractivity contribution in [1.82, 2.24) is 15.2 Å². The molecule has 1 aromatic carbocycles. The minimum Gasteiger partial charge on any atom is -0.399 e. The Morgan fingerprint density at radius 3 is 2.88 bits per heavy atom. The maximum atomic E-state index is 12.7. The molecule has 3 aliphatic rings. The smallest absolute Gasteiger partial charge is 0.263 e. The molecule has 0 radical (unpaired) electrons.